The number of amides is 1. The van der Waals surface area contributed by atoms with Crippen LogP contribution in [0.3, 0.4) is 0 Å². The molecule has 0 radical (unpaired) electrons. The third-order valence-corrected chi connectivity index (χ3v) is 6.63. The molecule has 1 atom stereocenters. The Hall–Kier alpha value is -4.45. The maximum atomic E-state index is 14.7. The number of hydrogen-bond acceptors (Lipinski definition) is 5. The van der Waals surface area contributed by atoms with Crippen LogP contribution in [0.1, 0.15) is 32.9 Å². The molecule has 1 aliphatic rings. The summed E-state index contributed by atoms with van der Waals surface area (Å²) in [7, 11) is 3.75. The van der Waals surface area contributed by atoms with E-state index in [1.54, 1.807) is 53.6 Å². The molecule has 9 heteroatoms. The largest absolute Gasteiger partial charge is 0.363 e. The van der Waals surface area contributed by atoms with Crippen molar-refractivity contribution in [3.05, 3.63) is 101 Å². The van der Waals surface area contributed by atoms with E-state index in [0.29, 0.717) is 36.3 Å². The van der Waals surface area contributed by atoms with Crippen LogP contribution in [0, 0.1) is 17.1 Å². The molecule has 1 unspecified atom stereocenters. The van der Waals surface area contributed by atoms with Gasteiger partial charge in [-0.1, -0.05) is 18.2 Å². The number of nitriles is 1. The van der Waals surface area contributed by atoms with E-state index in [-0.39, 0.29) is 24.3 Å². The normalized spacial score (nSPS) is 14.8. The number of aromatic nitrogens is 4. The fraction of sp³-hybridized carbons (Fsp3) is 0.259. The van der Waals surface area contributed by atoms with Crippen molar-refractivity contribution in [3.63, 3.8) is 0 Å². The topological polar surface area (TPSA) is 83.0 Å². The van der Waals surface area contributed by atoms with E-state index in [9.17, 15) is 14.4 Å². The first-order chi connectivity index (χ1) is 17.4. The monoisotopic (exact) mass is 483 g/mol. The van der Waals surface area contributed by atoms with Crippen LogP contribution in [0.25, 0.3) is 0 Å². The van der Waals surface area contributed by atoms with Crippen molar-refractivity contribution in [2.75, 3.05) is 11.4 Å². The minimum absolute atomic E-state index is 0.111. The molecule has 0 fully saturated rings. The van der Waals surface area contributed by atoms with Gasteiger partial charge in [-0.05, 0) is 36.2 Å². The maximum absolute atomic E-state index is 14.7. The van der Waals surface area contributed by atoms with Crippen molar-refractivity contribution < 1.29 is 9.18 Å². The number of imidazole rings is 2. The molecule has 8 nitrogen and oxygen atoms in total. The molecule has 182 valence electrons. The molecule has 0 aliphatic carbocycles. The summed E-state index contributed by atoms with van der Waals surface area (Å²) < 4.78 is 18.4. The van der Waals surface area contributed by atoms with Gasteiger partial charge in [0.1, 0.15) is 11.5 Å². The predicted octanol–water partition coefficient (Wildman–Crippen LogP) is 3.44. The molecule has 0 spiro atoms. The summed E-state index contributed by atoms with van der Waals surface area (Å²) in [5, 5.41) is 9.50. The van der Waals surface area contributed by atoms with Gasteiger partial charge >= 0.3 is 0 Å². The first-order valence-corrected chi connectivity index (χ1v) is 11.7. The Morgan fingerprint density at radius 2 is 2.06 bits per heavy atom. The third kappa shape index (κ3) is 4.58. The van der Waals surface area contributed by atoms with E-state index >= 15 is 0 Å². The van der Waals surface area contributed by atoms with Gasteiger partial charge in [0, 0.05) is 50.8 Å². The smallest absolute Gasteiger partial charge is 0.274 e. The molecule has 0 bridgehead atoms. The molecular weight excluding hydrogens is 457 g/mol. The van der Waals surface area contributed by atoms with E-state index in [0.717, 1.165) is 16.9 Å². The second kappa shape index (κ2) is 9.66. The highest BCUT2D eigenvalue weighted by Crippen LogP contribution is 2.32. The Bertz CT molecular complexity index is 1450. The number of benzene rings is 2. The lowest BCUT2D eigenvalue weighted by molar-refractivity contribution is 0.0652. The molecule has 4 aromatic rings. The van der Waals surface area contributed by atoms with Crippen molar-refractivity contribution in [1.82, 2.24) is 24.0 Å². The highest BCUT2D eigenvalue weighted by Gasteiger charge is 2.33. The van der Waals surface area contributed by atoms with Crippen molar-refractivity contribution >= 4 is 11.6 Å². The van der Waals surface area contributed by atoms with Crippen LogP contribution in [0.2, 0.25) is 0 Å². The van der Waals surface area contributed by atoms with Crippen molar-refractivity contribution in [2.24, 2.45) is 14.1 Å². The standard InChI is InChI=1S/C27H26FN7O/c1-32-16-25(31-18-32)27(36)35(13-20-5-3-4-6-24(20)28)22-10-21-9-19(11-29)7-8-26(21)34(14-22)15-23-12-30-17-33(23)2/h3-9,12,16-18,22H,10,13-15H2,1-2H3. The minimum atomic E-state index is -0.356. The SMILES string of the molecule is Cn1cnc(C(=O)N(Cc2ccccc2F)C2Cc3cc(C#N)ccc3N(Cc3cncn3C)C2)c1. The fourth-order valence-electron chi connectivity index (χ4n) is 4.74. The van der Waals surface area contributed by atoms with Crippen LogP contribution >= 0.6 is 0 Å². The molecule has 2 aromatic heterocycles. The van der Waals surface area contributed by atoms with Gasteiger partial charge in [-0.25, -0.2) is 14.4 Å². The van der Waals surface area contributed by atoms with Crippen LogP contribution in [-0.4, -0.2) is 42.5 Å². The van der Waals surface area contributed by atoms with Gasteiger partial charge in [0.25, 0.3) is 5.91 Å². The summed E-state index contributed by atoms with van der Waals surface area (Å²) in [4.78, 5) is 26.1. The first kappa shape index (κ1) is 23.3. The van der Waals surface area contributed by atoms with E-state index < -0.39 is 0 Å². The average molecular weight is 484 g/mol. The van der Waals surface area contributed by atoms with Gasteiger partial charge in [0.15, 0.2) is 0 Å². The molecule has 1 amide bonds. The summed E-state index contributed by atoms with van der Waals surface area (Å²) in [5.74, 6) is -0.615. The molecule has 0 saturated heterocycles. The fourth-order valence-corrected chi connectivity index (χ4v) is 4.74. The van der Waals surface area contributed by atoms with Gasteiger partial charge in [0.2, 0.25) is 0 Å². The zero-order valence-electron chi connectivity index (χ0n) is 20.2. The van der Waals surface area contributed by atoms with E-state index in [2.05, 4.69) is 20.9 Å². The van der Waals surface area contributed by atoms with Gasteiger partial charge in [0.05, 0.1) is 42.6 Å². The lowest BCUT2D eigenvalue weighted by atomic mass is 9.94. The van der Waals surface area contributed by atoms with Gasteiger partial charge < -0.3 is 18.9 Å². The summed E-state index contributed by atoms with van der Waals surface area (Å²) in [6.07, 6.45) is 7.38. The quantitative estimate of drug-likeness (QED) is 0.420. The second-order valence-electron chi connectivity index (χ2n) is 9.14. The molecule has 2 aromatic carbocycles. The number of carbonyl (C=O) groups excluding carboxylic acids is 1. The Morgan fingerprint density at radius 3 is 2.75 bits per heavy atom. The third-order valence-electron chi connectivity index (χ3n) is 6.63. The Balaban J connectivity index is 1.55. The highest BCUT2D eigenvalue weighted by molar-refractivity contribution is 5.92. The maximum Gasteiger partial charge on any atom is 0.274 e. The number of nitrogens with zero attached hydrogens (tertiary/aromatic N) is 7. The van der Waals surface area contributed by atoms with Crippen molar-refractivity contribution in [2.45, 2.75) is 25.6 Å². The summed E-state index contributed by atoms with van der Waals surface area (Å²) >= 11 is 0. The number of carbonyl (C=O) groups is 1. The number of rotatable bonds is 6. The first-order valence-electron chi connectivity index (χ1n) is 11.7. The molecular formula is C27H26FN7O. The minimum Gasteiger partial charge on any atom is -0.363 e. The summed E-state index contributed by atoms with van der Waals surface area (Å²) in [6.45, 7) is 1.23. The number of halogens is 1. The Kier molecular flexibility index (Phi) is 6.25. The van der Waals surface area contributed by atoms with E-state index in [1.807, 2.05) is 36.0 Å². The van der Waals surface area contributed by atoms with Gasteiger partial charge in [-0.3, -0.25) is 4.79 Å². The van der Waals surface area contributed by atoms with Crippen molar-refractivity contribution in [3.8, 4) is 6.07 Å². The van der Waals surface area contributed by atoms with Crippen LogP contribution < -0.4 is 4.90 Å². The number of fused-ring (bicyclic) bond motifs is 1. The predicted molar refractivity (Wildman–Crippen MR) is 132 cm³/mol. The second-order valence-corrected chi connectivity index (χ2v) is 9.14. The summed E-state index contributed by atoms with van der Waals surface area (Å²) in [6, 6.07) is 14.1. The van der Waals surface area contributed by atoms with Gasteiger partial charge in [-0.15, -0.1) is 0 Å². The molecule has 1 aliphatic heterocycles. The van der Waals surface area contributed by atoms with Crippen LogP contribution in [0.4, 0.5) is 10.1 Å². The Labute approximate surface area is 208 Å². The zero-order valence-corrected chi connectivity index (χ0v) is 20.2. The lowest BCUT2D eigenvalue weighted by Gasteiger charge is -2.41. The van der Waals surface area contributed by atoms with Crippen molar-refractivity contribution in [1.29, 1.82) is 5.26 Å². The average Bonchev–Trinajstić information content (AvgIpc) is 3.50. The number of aryl methyl sites for hydroxylation is 2. The summed E-state index contributed by atoms with van der Waals surface area (Å²) in [5.41, 5.74) is 4.32. The van der Waals surface area contributed by atoms with E-state index in [4.69, 9.17) is 0 Å². The zero-order chi connectivity index (χ0) is 25.2. The molecule has 36 heavy (non-hydrogen) atoms. The van der Waals surface area contributed by atoms with Crippen LogP contribution in [0.5, 0.6) is 0 Å². The molecule has 0 saturated carbocycles. The molecule has 3 heterocycles. The number of anilines is 1. The Morgan fingerprint density at radius 1 is 1.22 bits per heavy atom. The number of hydrogen-bond donors (Lipinski definition) is 0. The highest BCUT2D eigenvalue weighted by atomic mass is 19.1. The van der Waals surface area contributed by atoms with E-state index in [1.165, 1.54) is 6.07 Å². The van der Waals surface area contributed by atoms with Crippen LogP contribution in [0.15, 0.2) is 67.5 Å². The molecule has 5 rings (SSSR count). The lowest BCUT2D eigenvalue weighted by Crippen LogP contribution is -2.50. The molecule has 0 N–H and O–H groups in total. The van der Waals surface area contributed by atoms with Gasteiger partial charge in [-0.2, -0.15) is 5.26 Å². The van der Waals surface area contributed by atoms with Crippen LogP contribution in [-0.2, 0) is 33.6 Å².